The van der Waals surface area contributed by atoms with Crippen molar-refractivity contribution in [2.75, 3.05) is 13.2 Å². The molecule has 0 saturated carbocycles. The van der Waals surface area contributed by atoms with E-state index in [9.17, 15) is 4.39 Å². The van der Waals surface area contributed by atoms with Crippen molar-refractivity contribution >= 4 is 11.0 Å². The number of H-pyrrole nitrogens is 1. The van der Waals surface area contributed by atoms with E-state index in [1.165, 1.54) is 6.07 Å². The third-order valence-corrected chi connectivity index (χ3v) is 5.74. The molecule has 5 rings (SSSR count). The molecule has 3 heterocycles. The summed E-state index contributed by atoms with van der Waals surface area (Å²) in [6, 6.07) is 17.8. The third-order valence-electron chi connectivity index (χ3n) is 5.74. The quantitative estimate of drug-likeness (QED) is 0.254. The zero-order valence-electron chi connectivity index (χ0n) is 20.4. The second-order valence-electron chi connectivity index (χ2n) is 8.55. The summed E-state index contributed by atoms with van der Waals surface area (Å²) in [5.41, 5.74) is 10.8. The van der Waals surface area contributed by atoms with Crippen LogP contribution in [0.5, 0.6) is 11.6 Å². The lowest BCUT2D eigenvalue weighted by Crippen LogP contribution is -2.04. The number of fused-ring (bicyclic) bond motifs is 1. The first-order chi connectivity index (χ1) is 18.1. The van der Waals surface area contributed by atoms with Gasteiger partial charge in [-0.05, 0) is 62.7 Å². The highest BCUT2D eigenvalue weighted by Gasteiger charge is 2.17. The summed E-state index contributed by atoms with van der Waals surface area (Å²) >= 11 is 0. The van der Waals surface area contributed by atoms with E-state index in [2.05, 4.69) is 19.9 Å². The van der Waals surface area contributed by atoms with Crippen LogP contribution in [-0.4, -0.2) is 38.1 Å². The van der Waals surface area contributed by atoms with E-state index in [-0.39, 0.29) is 12.4 Å². The zero-order valence-corrected chi connectivity index (χ0v) is 20.4. The van der Waals surface area contributed by atoms with Crippen LogP contribution in [0.2, 0.25) is 0 Å². The summed E-state index contributed by atoms with van der Waals surface area (Å²) < 4.78 is 25.5. The van der Waals surface area contributed by atoms with Crippen molar-refractivity contribution in [3.63, 3.8) is 0 Å². The molecule has 0 bridgehead atoms. The number of hydrogen-bond acceptors (Lipinski definition) is 7. The van der Waals surface area contributed by atoms with Gasteiger partial charge in [0.25, 0.3) is 0 Å². The van der Waals surface area contributed by atoms with Gasteiger partial charge in [0.1, 0.15) is 18.1 Å². The molecular weight excluding hydrogens is 471 g/mol. The number of aromatic amines is 1. The molecule has 0 amide bonds. The fourth-order valence-electron chi connectivity index (χ4n) is 3.91. The number of rotatable bonds is 10. The maximum Gasteiger partial charge on any atom is 0.232 e. The maximum atomic E-state index is 14.1. The Morgan fingerprint density at radius 1 is 0.919 bits per heavy atom. The Morgan fingerprint density at radius 3 is 2.65 bits per heavy atom. The molecule has 0 radical (unpaired) electrons. The van der Waals surface area contributed by atoms with Crippen LogP contribution in [0, 0.1) is 12.7 Å². The number of benzene rings is 2. The fourth-order valence-corrected chi connectivity index (χ4v) is 3.91. The van der Waals surface area contributed by atoms with Crippen LogP contribution in [0.4, 0.5) is 4.39 Å². The number of nitrogens with two attached hydrogens (primary N) is 1. The number of nitrogens with zero attached hydrogens (tertiary/aromatic N) is 4. The van der Waals surface area contributed by atoms with Crippen LogP contribution in [0.15, 0.2) is 66.9 Å². The average Bonchev–Trinajstić information content (AvgIpc) is 3.35. The Hall–Kier alpha value is -4.37. The molecule has 0 saturated heterocycles. The first-order valence-electron chi connectivity index (χ1n) is 12.1. The number of pyridine rings is 1. The molecule has 5 aromatic rings. The molecule has 9 heteroatoms. The smallest absolute Gasteiger partial charge is 0.232 e. The van der Waals surface area contributed by atoms with E-state index >= 15 is 0 Å². The lowest BCUT2D eigenvalue weighted by Gasteiger charge is -2.07. The molecule has 188 valence electrons. The Morgan fingerprint density at radius 2 is 1.81 bits per heavy atom. The van der Waals surface area contributed by atoms with Gasteiger partial charge in [0.05, 0.1) is 35.2 Å². The van der Waals surface area contributed by atoms with Crippen LogP contribution in [0.1, 0.15) is 24.4 Å². The fraction of sp³-hybridized carbons (Fsp3) is 0.214. The van der Waals surface area contributed by atoms with Gasteiger partial charge >= 0.3 is 0 Å². The minimum Gasteiger partial charge on any atom is -0.483 e. The van der Waals surface area contributed by atoms with Crippen LogP contribution < -0.4 is 15.2 Å². The van der Waals surface area contributed by atoms with Gasteiger partial charge in [0, 0.05) is 11.3 Å². The standard InChI is InChI=1S/C28H27FN6O2/c1-18-7-6-9-22(32-18)28-27(34-25(35-28)17-37-24-10-3-2-8-20(24)29)19-11-12-21-23(15-19)33-26(16-31-21)36-14-5-4-13-30/h2-3,6-12,15-16H,4-5,13-14,17,30H2,1H3,(H,34,35). The molecule has 8 nitrogen and oxygen atoms in total. The van der Waals surface area contributed by atoms with Crippen molar-refractivity contribution in [3.05, 3.63) is 84.2 Å². The van der Waals surface area contributed by atoms with E-state index in [0.29, 0.717) is 41.8 Å². The lowest BCUT2D eigenvalue weighted by molar-refractivity contribution is 0.282. The van der Waals surface area contributed by atoms with Crippen molar-refractivity contribution in [1.82, 2.24) is 24.9 Å². The summed E-state index contributed by atoms with van der Waals surface area (Å²) in [6.45, 7) is 3.16. The van der Waals surface area contributed by atoms with Crippen molar-refractivity contribution < 1.29 is 13.9 Å². The number of nitrogens with one attached hydrogen (secondary N) is 1. The van der Waals surface area contributed by atoms with Gasteiger partial charge in [-0.3, -0.25) is 4.98 Å². The highest BCUT2D eigenvalue weighted by molar-refractivity contribution is 5.85. The monoisotopic (exact) mass is 498 g/mol. The highest BCUT2D eigenvalue weighted by Crippen LogP contribution is 2.31. The van der Waals surface area contributed by atoms with E-state index in [1.807, 2.05) is 43.3 Å². The van der Waals surface area contributed by atoms with Crippen LogP contribution in [-0.2, 0) is 6.61 Å². The molecule has 0 atom stereocenters. The molecule has 37 heavy (non-hydrogen) atoms. The second kappa shape index (κ2) is 11.1. The number of halogens is 1. The molecular formula is C28H27FN6O2. The number of hydrogen-bond donors (Lipinski definition) is 2. The third kappa shape index (κ3) is 5.73. The number of unbranched alkanes of at least 4 members (excludes halogenated alkanes) is 1. The van der Waals surface area contributed by atoms with Crippen molar-refractivity contribution in [2.45, 2.75) is 26.4 Å². The minimum absolute atomic E-state index is 0.0634. The summed E-state index contributed by atoms with van der Waals surface area (Å²) in [6.07, 6.45) is 3.37. The van der Waals surface area contributed by atoms with E-state index < -0.39 is 5.82 Å². The lowest BCUT2D eigenvalue weighted by atomic mass is 10.1. The number of imidazole rings is 1. The van der Waals surface area contributed by atoms with Gasteiger partial charge in [0.15, 0.2) is 11.6 Å². The van der Waals surface area contributed by atoms with Gasteiger partial charge in [-0.1, -0.05) is 24.3 Å². The van der Waals surface area contributed by atoms with Gasteiger partial charge in [-0.2, -0.15) is 0 Å². The van der Waals surface area contributed by atoms with Crippen LogP contribution in [0.3, 0.4) is 0 Å². The van der Waals surface area contributed by atoms with Crippen molar-refractivity contribution in [1.29, 1.82) is 0 Å². The van der Waals surface area contributed by atoms with Gasteiger partial charge in [-0.15, -0.1) is 0 Å². The predicted octanol–water partition coefficient (Wildman–Crippen LogP) is 5.23. The summed E-state index contributed by atoms with van der Waals surface area (Å²) in [4.78, 5) is 21.9. The van der Waals surface area contributed by atoms with Crippen molar-refractivity contribution in [2.24, 2.45) is 5.73 Å². The Kier molecular flexibility index (Phi) is 7.32. The van der Waals surface area contributed by atoms with Crippen LogP contribution in [0.25, 0.3) is 33.7 Å². The zero-order chi connectivity index (χ0) is 25.6. The molecule has 2 aromatic carbocycles. The summed E-state index contributed by atoms with van der Waals surface area (Å²) in [5.74, 6) is 0.741. The highest BCUT2D eigenvalue weighted by atomic mass is 19.1. The molecule has 0 spiro atoms. The molecule has 0 aliphatic heterocycles. The van der Waals surface area contributed by atoms with Gasteiger partial charge < -0.3 is 20.2 Å². The first-order valence-corrected chi connectivity index (χ1v) is 12.1. The Labute approximate surface area is 213 Å². The minimum atomic E-state index is -0.427. The largest absolute Gasteiger partial charge is 0.483 e. The summed E-state index contributed by atoms with van der Waals surface area (Å²) in [7, 11) is 0. The SMILES string of the molecule is Cc1cccc(-c2nc(COc3ccccc3F)[nH]c2-c2ccc3ncc(OCCCCN)nc3c2)n1. The second-order valence-corrected chi connectivity index (χ2v) is 8.55. The molecule has 3 N–H and O–H groups in total. The van der Waals surface area contributed by atoms with E-state index in [1.54, 1.807) is 24.4 Å². The number of aromatic nitrogens is 5. The topological polar surface area (TPSA) is 112 Å². The Balaban J connectivity index is 1.49. The average molecular weight is 499 g/mol. The summed E-state index contributed by atoms with van der Waals surface area (Å²) in [5, 5.41) is 0. The molecule has 0 aliphatic rings. The molecule has 0 unspecified atom stereocenters. The normalized spacial score (nSPS) is 11.1. The number of aryl methyl sites for hydroxylation is 1. The Bertz CT molecular complexity index is 1520. The van der Waals surface area contributed by atoms with Crippen molar-refractivity contribution in [3.8, 4) is 34.3 Å². The number of para-hydroxylation sites is 1. The van der Waals surface area contributed by atoms with Gasteiger partial charge in [-0.25, -0.2) is 19.3 Å². The van der Waals surface area contributed by atoms with Gasteiger partial charge in [0.2, 0.25) is 5.88 Å². The molecule has 0 fully saturated rings. The van der Waals surface area contributed by atoms with E-state index in [0.717, 1.165) is 35.3 Å². The first kappa shape index (κ1) is 24.3. The maximum absolute atomic E-state index is 14.1. The molecule has 0 aliphatic carbocycles. The van der Waals surface area contributed by atoms with Crippen LogP contribution >= 0.6 is 0 Å². The van der Waals surface area contributed by atoms with E-state index in [4.69, 9.17) is 20.2 Å². The predicted molar refractivity (Wildman–Crippen MR) is 140 cm³/mol. The molecule has 3 aromatic heterocycles. The number of ether oxygens (including phenoxy) is 2.